The number of imidazole rings is 1. The number of thioether (sulfide) groups is 1. The number of esters is 1. The van der Waals surface area contributed by atoms with E-state index in [9.17, 15) is 24.6 Å². The van der Waals surface area contributed by atoms with Crippen LogP contribution in [-0.2, 0) is 21.4 Å². The van der Waals surface area contributed by atoms with E-state index in [0.717, 1.165) is 16.8 Å². The molecule has 55 heavy (non-hydrogen) atoms. The molecule has 1 aromatic heterocycles. The number of para-hydroxylation sites is 2. The molecule has 4 aromatic rings. The zero-order chi connectivity index (χ0) is 39.6. The topological polar surface area (TPSA) is 158 Å². The first kappa shape index (κ1) is 41.0. The van der Waals surface area contributed by atoms with Gasteiger partial charge in [0.05, 0.1) is 44.5 Å². The van der Waals surface area contributed by atoms with Crippen LogP contribution in [0.4, 0.5) is 0 Å². The minimum absolute atomic E-state index is 0.0451. The summed E-state index contributed by atoms with van der Waals surface area (Å²) in [6.45, 7) is 1.74. The molecule has 3 unspecified atom stereocenters. The van der Waals surface area contributed by atoms with Gasteiger partial charge in [-0.2, -0.15) is 11.8 Å². The van der Waals surface area contributed by atoms with Crippen molar-refractivity contribution in [3.63, 3.8) is 0 Å². The van der Waals surface area contributed by atoms with Crippen molar-refractivity contribution in [1.29, 1.82) is 0 Å². The van der Waals surface area contributed by atoms with Crippen molar-refractivity contribution in [3.05, 3.63) is 76.6 Å². The smallest absolute Gasteiger partial charge is 0.342 e. The SMILES string of the molecule is COc1cc(C(CC(=O)NC(CCSC)c2nc3ccccc3n2C)c2c(O)cc3c(c2O)C(=O)OC(C)CCCC(=O)CCCC=C3)cc(OC)c1OC. The van der Waals surface area contributed by atoms with Gasteiger partial charge < -0.3 is 39.0 Å². The number of carbonyl (C=O) groups excluding carboxylic acids is 3. The number of nitrogens with one attached hydrogen (secondary N) is 1. The summed E-state index contributed by atoms with van der Waals surface area (Å²) in [6, 6.07) is 12.0. The van der Waals surface area contributed by atoms with E-state index >= 15 is 0 Å². The predicted molar refractivity (Wildman–Crippen MR) is 214 cm³/mol. The second kappa shape index (κ2) is 18.9. The van der Waals surface area contributed by atoms with Crippen molar-refractivity contribution >= 4 is 46.5 Å². The Morgan fingerprint density at radius 3 is 2.44 bits per heavy atom. The highest BCUT2D eigenvalue weighted by Crippen LogP contribution is 2.48. The van der Waals surface area contributed by atoms with E-state index in [2.05, 4.69) is 5.32 Å². The number of ether oxygens (including phenoxy) is 4. The predicted octanol–water partition coefficient (Wildman–Crippen LogP) is 7.62. The molecule has 13 heteroatoms. The standard InChI is InChI=1S/C42H51N3O9S/c1-25-13-12-16-28(46)15-9-7-8-14-26-21-33(47)38(39(49)37(26)42(50)54-25)29(27-22-34(51-3)40(53-5)35(23-27)52-4)24-36(48)43-31(19-20-55-6)41-44-30-17-10-11-18-32(30)45(41)2/h8,10-11,14,17-18,21-23,25,29,31,47,49H,7,9,12-13,15-16,19-20,24H2,1-6H3,(H,43,48). The number of phenols is 2. The number of fused-ring (bicyclic) bond motifs is 2. The molecule has 3 atom stereocenters. The number of phenolic OH excluding ortho intramolecular Hbond substituents is 2. The summed E-state index contributed by atoms with van der Waals surface area (Å²) >= 11 is 1.65. The Labute approximate surface area is 326 Å². The highest BCUT2D eigenvalue weighted by molar-refractivity contribution is 7.98. The van der Waals surface area contributed by atoms with E-state index in [1.54, 1.807) is 43.0 Å². The Hall–Kier alpha value is -5.17. The summed E-state index contributed by atoms with van der Waals surface area (Å²) < 4.78 is 24.7. The molecule has 1 aliphatic rings. The number of hydrogen-bond donors (Lipinski definition) is 3. The molecule has 0 fully saturated rings. The number of nitrogens with zero attached hydrogens (tertiary/aromatic N) is 2. The average Bonchev–Trinajstić information content (AvgIpc) is 3.50. The van der Waals surface area contributed by atoms with Crippen LogP contribution in [0.15, 0.2) is 48.5 Å². The summed E-state index contributed by atoms with van der Waals surface area (Å²) in [5, 5.41) is 27.1. The van der Waals surface area contributed by atoms with Crippen LogP contribution in [0.1, 0.15) is 103 Å². The highest BCUT2D eigenvalue weighted by atomic mass is 32.2. The molecule has 1 amide bonds. The maximum Gasteiger partial charge on any atom is 0.342 e. The zero-order valence-corrected chi connectivity index (χ0v) is 33.2. The third-order valence-corrected chi connectivity index (χ3v) is 10.6. The summed E-state index contributed by atoms with van der Waals surface area (Å²) in [7, 11) is 6.33. The molecular weight excluding hydrogens is 723 g/mol. The largest absolute Gasteiger partial charge is 0.507 e. The Morgan fingerprint density at radius 1 is 1.05 bits per heavy atom. The lowest BCUT2D eigenvalue weighted by atomic mass is 9.84. The summed E-state index contributed by atoms with van der Waals surface area (Å²) in [5.41, 5.74) is 2.24. The number of benzene rings is 3. The van der Waals surface area contributed by atoms with Crippen LogP contribution in [0.5, 0.6) is 28.7 Å². The fourth-order valence-electron chi connectivity index (χ4n) is 7.12. The molecule has 3 aromatic carbocycles. The number of Topliss-reactive ketones (excluding diaryl/α,β-unsaturated/α-hetero) is 1. The van der Waals surface area contributed by atoms with Gasteiger partial charge in [0.15, 0.2) is 11.5 Å². The van der Waals surface area contributed by atoms with Gasteiger partial charge in [0.25, 0.3) is 0 Å². The number of cyclic esters (lactones) is 1. The van der Waals surface area contributed by atoms with Crippen LogP contribution in [0.3, 0.4) is 0 Å². The normalized spacial score (nSPS) is 16.4. The number of rotatable bonds is 12. The third kappa shape index (κ3) is 9.56. The Balaban J connectivity index is 1.63. The number of aromatic nitrogens is 2. The molecule has 0 saturated carbocycles. The maximum atomic E-state index is 14.3. The molecular formula is C42H51N3O9S. The molecule has 0 aliphatic carbocycles. The Kier molecular flexibility index (Phi) is 14.1. The van der Waals surface area contributed by atoms with E-state index in [-0.39, 0.29) is 40.6 Å². The van der Waals surface area contributed by atoms with Crippen molar-refractivity contribution in [2.24, 2.45) is 7.05 Å². The third-order valence-electron chi connectivity index (χ3n) is 9.96. The van der Waals surface area contributed by atoms with Gasteiger partial charge in [-0.1, -0.05) is 24.3 Å². The van der Waals surface area contributed by atoms with E-state index < -0.39 is 29.8 Å². The average molecular weight is 774 g/mol. The van der Waals surface area contributed by atoms with Gasteiger partial charge in [0, 0.05) is 37.8 Å². The van der Waals surface area contributed by atoms with Crippen molar-refractivity contribution in [2.45, 2.75) is 76.4 Å². The number of amides is 1. The summed E-state index contributed by atoms with van der Waals surface area (Å²) in [6.07, 6.45) is 8.27. The number of ketones is 1. The van der Waals surface area contributed by atoms with Gasteiger partial charge >= 0.3 is 5.97 Å². The number of aryl methyl sites for hydroxylation is 1. The fourth-order valence-corrected chi connectivity index (χ4v) is 7.60. The van der Waals surface area contributed by atoms with Crippen molar-refractivity contribution < 1.29 is 43.5 Å². The van der Waals surface area contributed by atoms with E-state index in [0.29, 0.717) is 73.6 Å². The monoisotopic (exact) mass is 773 g/mol. The van der Waals surface area contributed by atoms with Crippen LogP contribution in [-0.4, -0.2) is 76.9 Å². The number of hydrogen-bond acceptors (Lipinski definition) is 11. The fraction of sp³-hybridized carbons (Fsp3) is 0.429. The van der Waals surface area contributed by atoms with Gasteiger partial charge in [0.1, 0.15) is 28.7 Å². The van der Waals surface area contributed by atoms with Crippen molar-refractivity contribution in [1.82, 2.24) is 14.9 Å². The summed E-state index contributed by atoms with van der Waals surface area (Å²) in [5.74, 6) is -0.527. The molecule has 1 aliphatic heterocycles. The lowest BCUT2D eigenvalue weighted by molar-refractivity contribution is -0.122. The quantitative estimate of drug-likeness (QED) is 0.122. The lowest BCUT2D eigenvalue weighted by Crippen LogP contribution is -2.32. The molecule has 5 rings (SSSR count). The van der Waals surface area contributed by atoms with Crippen LogP contribution in [0.2, 0.25) is 0 Å². The minimum Gasteiger partial charge on any atom is -0.507 e. The number of allylic oxidation sites excluding steroid dienone is 1. The highest BCUT2D eigenvalue weighted by Gasteiger charge is 2.33. The van der Waals surface area contributed by atoms with Gasteiger partial charge in [-0.15, -0.1) is 0 Å². The first-order valence-electron chi connectivity index (χ1n) is 18.5. The summed E-state index contributed by atoms with van der Waals surface area (Å²) in [4.78, 5) is 45.4. The van der Waals surface area contributed by atoms with Gasteiger partial charge in [0.2, 0.25) is 11.7 Å². The molecule has 3 N–H and O–H groups in total. The number of carbonyl (C=O) groups is 3. The van der Waals surface area contributed by atoms with E-state index in [4.69, 9.17) is 23.9 Å². The number of methoxy groups -OCH3 is 3. The molecule has 12 nitrogen and oxygen atoms in total. The molecule has 0 saturated heterocycles. The first-order valence-corrected chi connectivity index (χ1v) is 19.9. The van der Waals surface area contributed by atoms with Crippen LogP contribution < -0.4 is 19.5 Å². The van der Waals surface area contributed by atoms with Gasteiger partial charge in [-0.05, 0) is 92.5 Å². The zero-order valence-electron chi connectivity index (χ0n) is 32.3. The van der Waals surface area contributed by atoms with Crippen LogP contribution in [0.25, 0.3) is 17.1 Å². The van der Waals surface area contributed by atoms with Crippen LogP contribution >= 0.6 is 11.8 Å². The molecule has 294 valence electrons. The van der Waals surface area contributed by atoms with Gasteiger partial charge in [-0.25, -0.2) is 9.78 Å². The minimum atomic E-state index is -1.02. The second-order valence-corrected chi connectivity index (χ2v) is 14.7. The lowest BCUT2D eigenvalue weighted by Gasteiger charge is -2.25. The Morgan fingerprint density at radius 2 is 1.76 bits per heavy atom. The van der Waals surface area contributed by atoms with Gasteiger partial charge in [-0.3, -0.25) is 9.59 Å². The second-order valence-electron chi connectivity index (χ2n) is 13.7. The first-order chi connectivity index (χ1) is 26.5. The Bertz CT molecular complexity index is 2020. The molecule has 2 heterocycles. The molecule has 0 radical (unpaired) electrons. The maximum absolute atomic E-state index is 14.3. The van der Waals surface area contributed by atoms with Crippen molar-refractivity contribution in [2.75, 3.05) is 33.3 Å². The van der Waals surface area contributed by atoms with Crippen LogP contribution in [0, 0.1) is 0 Å². The van der Waals surface area contributed by atoms with E-state index in [1.807, 2.05) is 42.1 Å². The molecule has 0 bridgehead atoms. The van der Waals surface area contributed by atoms with Crippen molar-refractivity contribution in [3.8, 4) is 28.7 Å². The number of aromatic hydroxyl groups is 2. The molecule has 0 spiro atoms. The van der Waals surface area contributed by atoms with E-state index in [1.165, 1.54) is 27.4 Å².